The molecule has 0 radical (unpaired) electrons. The third-order valence-corrected chi connectivity index (χ3v) is 3.57. The molecule has 2 N–H and O–H groups in total. The lowest BCUT2D eigenvalue weighted by Gasteiger charge is -2.14. The number of hydrogen-bond donors (Lipinski definition) is 1. The minimum absolute atomic E-state index is 0.444. The van der Waals surface area contributed by atoms with E-state index in [1.54, 1.807) is 0 Å². The first-order valence-electron chi connectivity index (χ1n) is 5.64. The second-order valence-corrected chi connectivity index (χ2v) is 4.75. The Kier molecular flexibility index (Phi) is 2.89. The van der Waals surface area contributed by atoms with Gasteiger partial charge in [-0.25, -0.2) is 0 Å². The molecule has 4 unspecified atom stereocenters. The standard InChI is InChI=1S/C11H21NO/c1-8-7-10(8)11(12)5-4-9-3-2-6-13-9/h8-11H,2-7,12H2,1H3. The molecule has 0 aromatic rings. The molecule has 0 amide bonds. The molecule has 1 aliphatic heterocycles. The first-order chi connectivity index (χ1) is 6.27. The van der Waals surface area contributed by atoms with Crippen molar-refractivity contribution in [2.75, 3.05) is 6.61 Å². The quantitative estimate of drug-likeness (QED) is 0.722. The van der Waals surface area contributed by atoms with Crippen molar-refractivity contribution < 1.29 is 4.74 Å². The molecule has 1 heterocycles. The molecular formula is C11H21NO. The third-order valence-electron chi connectivity index (χ3n) is 3.57. The smallest absolute Gasteiger partial charge is 0.0576 e. The zero-order chi connectivity index (χ0) is 9.26. The van der Waals surface area contributed by atoms with Crippen molar-refractivity contribution in [1.82, 2.24) is 0 Å². The molecule has 4 atom stereocenters. The summed E-state index contributed by atoms with van der Waals surface area (Å²) in [6.07, 6.45) is 6.74. The second kappa shape index (κ2) is 3.97. The lowest BCUT2D eigenvalue weighted by atomic mass is 10.0. The van der Waals surface area contributed by atoms with Gasteiger partial charge in [0.25, 0.3) is 0 Å². The van der Waals surface area contributed by atoms with Crippen molar-refractivity contribution in [2.45, 2.75) is 51.2 Å². The zero-order valence-corrected chi connectivity index (χ0v) is 8.54. The first kappa shape index (κ1) is 9.47. The molecule has 0 bridgehead atoms. The fraction of sp³-hybridized carbons (Fsp3) is 1.00. The van der Waals surface area contributed by atoms with E-state index < -0.39 is 0 Å². The number of hydrogen-bond acceptors (Lipinski definition) is 2. The average Bonchev–Trinajstić information content (AvgIpc) is 2.68. The van der Waals surface area contributed by atoms with Crippen molar-refractivity contribution in [2.24, 2.45) is 17.6 Å². The normalized spacial score (nSPS) is 40.6. The molecule has 0 spiro atoms. The van der Waals surface area contributed by atoms with Crippen molar-refractivity contribution in [3.63, 3.8) is 0 Å². The van der Waals surface area contributed by atoms with Crippen LogP contribution in [-0.4, -0.2) is 18.8 Å². The number of nitrogens with two attached hydrogens (primary N) is 1. The predicted molar refractivity (Wildman–Crippen MR) is 53.5 cm³/mol. The molecule has 2 rings (SSSR count). The largest absolute Gasteiger partial charge is 0.378 e. The highest BCUT2D eigenvalue weighted by Crippen LogP contribution is 2.41. The van der Waals surface area contributed by atoms with Crippen molar-refractivity contribution >= 4 is 0 Å². The molecule has 2 fully saturated rings. The minimum Gasteiger partial charge on any atom is -0.378 e. The SMILES string of the molecule is CC1CC1C(N)CCC1CCCO1. The molecule has 1 saturated heterocycles. The van der Waals surface area contributed by atoms with Crippen LogP contribution in [-0.2, 0) is 4.74 Å². The lowest BCUT2D eigenvalue weighted by Crippen LogP contribution is -2.24. The monoisotopic (exact) mass is 183 g/mol. The molecule has 76 valence electrons. The Hall–Kier alpha value is -0.0800. The molecule has 13 heavy (non-hydrogen) atoms. The fourth-order valence-corrected chi connectivity index (χ4v) is 2.41. The number of ether oxygens (including phenoxy) is 1. The molecule has 1 aliphatic carbocycles. The lowest BCUT2D eigenvalue weighted by molar-refractivity contribution is 0.1000. The Morgan fingerprint density at radius 3 is 2.85 bits per heavy atom. The highest BCUT2D eigenvalue weighted by molar-refractivity contribution is 4.90. The molecule has 0 aromatic carbocycles. The molecule has 2 heteroatoms. The Bertz CT molecular complexity index is 165. The van der Waals surface area contributed by atoms with Crippen molar-refractivity contribution in [1.29, 1.82) is 0 Å². The topological polar surface area (TPSA) is 35.2 Å². The summed E-state index contributed by atoms with van der Waals surface area (Å²) < 4.78 is 5.57. The van der Waals surface area contributed by atoms with E-state index in [0.717, 1.165) is 18.4 Å². The van der Waals surface area contributed by atoms with E-state index in [2.05, 4.69) is 6.92 Å². The van der Waals surface area contributed by atoms with E-state index in [4.69, 9.17) is 10.5 Å². The summed E-state index contributed by atoms with van der Waals surface area (Å²) in [7, 11) is 0. The third kappa shape index (κ3) is 2.44. The number of rotatable bonds is 4. The van der Waals surface area contributed by atoms with Gasteiger partial charge in [0.2, 0.25) is 0 Å². The van der Waals surface area contributed by atoms with Gasteiger partial charge in [-0.3, -0.25) is 0 Å². The molecular weight excluding hydrogens is 162 g/mol. The van der Waals surface area contributed by atoms with Gasteiger partial charge in [-0.2, -0.15) is 0 Å². The van der Waals surface area contributed by atoms with Gasteiger partial charge in [0, 0.05) is 12.6 Å². The Balaban J connectivity index is 1.61. The summed E-state index contributed by atoms with van der Waals surface area (Å²) in [6.45, 7) is 3.27. The predicted octanol–water partition coefficient (Wildman–Crippen LogP) is 1.93. The summed E-state index contributed by atoms with van der Waals surface area (Å²) in [6, 6.07) is 0.444. The van der Waals surface area contributed by atoms with Crippen LogP contribution in [0.1, 0.15) is 39.0 Å². The highest BCUT2D eigenvalue weighted by Gasteiger charge is 2.37. The van der Waals surface area contributed by atoms with Crippen LogP contribution in [0.2, 0.25) is 0 Å². The second-order valence-electron chi connectivity index (χ2n) is 4.75. The Morgan fingerprint density at radius 1 is 1.54 bits per heavy atom. The van der Waals surface area contributed by atoms with Gasteiger partial charge in [0.05, 0.1) is 6.10 Å². The minimum atomic E-state index is 0.444. The summed E-state index contributed by atoms with van der Waals surface area (Å²) >= 11 is 0. The molecule has 2 nitrogen and oxygen atoms in total. The maximum atomic E-state index is 6.09. The summed E-state index contributed by atoms with van der Waals surface area (Å²) in [4.78, 5) is 0. The van der Waals surface area contributed by atoms with Gasteiger partial charge in [0.15, 0.2) is 0 Å². The Labute approximate surface area is 80.8 Å². The highest BCUT2D eigenvalue weighted by atomic mass is 16.5. The van der Waals surface area contributed by atoms with Gasteiger partial charge >= 0.3 is 0 Å². The molecule has 2 aliphatic rings. The maximum Gasteiger partial charge on any atom is 0.0576 e. The van der Waals surface area contributed by atoms with Crippen LogP contribution in [0, 0.1) is 11.8 Å². The fourth-order valence-electron chi connectivity index (χ4n) is 2.41. The van der Waals surface area contributed by atoms with Crippen LogP contribution in [0.3, 0.4) is 0 Å². The van der Waals surface area contributed by atoms with E-state index in [1.807, 2.05) is 0 Å². The van der Waals surface area contributed by atoms with Gasteiger partial charge < -0.3 is 10.5 Å². The van der Waals surface area contributed by atoms with Crippen molar-refractivity contribution in [3.05, 3.63) is 0 Å². The van der Waals surface area contributed by atoms with Crippen molar-refractivity contribution in [3.8, 4) is 0 Å². The van der Waals surface area contributed by atoms with Crippen LogP contribution in [0.25, 0.3) is 0 Å². The van der Waals surface area contributed by atoms with E-state index in [9.17, 15) is 0 Å². The van der Waals surface area contributed by atoms with E-state index >= 15 is 0 Å². The van der Waals surface area contributed by atoms with Crippen LogP contribution in [0.15, 0.2) is 0 Å². The summed E-state index contributed by atoms with van der Waals surface area (Å²) in [5, 5.41) is 0. The molecule has 0 aromatic heterocycles. The summed E-state index contributed by atoms with van der Waals surface area (Å²) in [5.41, 5.74) is 6.09. The average molecular weight is 183 g/mol. The van der Waals surface area contributed by atoms with Crippen LogP contribution in [0.4, 0.5) is 0 Å². The van der Waals surface area contributed by atoms with E-state index in [0.29, 0.717) is 12.1 Å². The van der Waals surface area contributed by atoms with Crippen LogP contribution >= 0.6 is 0 Å². The molecule has 1 saturated carbocycles. The Morgan fingerprint density at radius 2 is 2.31 bits per heavy atom. The van der Waals surface area contributed by atoms with E-state index in [-0.39, 0.29) is 0 Å². The first-order valence-corrected chi connectivity index (χ1v) is 5.64. The van der Waals surface area contributed by atoms with Gasteiger partial charge in [-0.05, 0) is 43.9 Å². The van der Waals surface area contributed by atoms with Gasteiger partial charge in [-0.1, -0.05) is 6.92 Å². The summed E-state index contributed by atoms with van der Waals surface area (Å²) in [5.74, 6) is 1.71. The zero-order valence-electron chi connectivity index (χ0n) is 8.54. The van der Waals surface area contributed by atoms with Gasteiger partial charge in [0.1, 0.15) is 0 Å². The van der Waals surface area contributed by atoms with E-state index in [1.165, 1.54) is 32.1 Å². The van der Waals surface area contributed by atoms with Crippen LogP contribution < -0.4 is 5.73 Å². The van der Waals surface area contributed by atoms with Crippen LogP contribution in [0.5, 0.6) is 0 Å². The van der Waals surface area contributed by atoms with Gasteiger partial charge in [-0.15, -0.1) is 0 Å². The maximum absolute atomic E-state index is 6.09.